The van der Waals surface area contributed by atoms with Crippen LogP contribution in [-0.4, -0.2) is 5.92 Å². The van der Waals surface area contributed by atoms with Gasteiger partial charge in [0.15, 0.2) is 0 Å². The van der Waals surface area contributed by atoms with Gasteiger partial charge >= 0.3 is 18.3 Å². The SMILES string of the molecule is F[C](F)C(F)(F)C(F)(F)c1ccc2ccccc2c1. The molecule has 0 atom stereocenters. The quantitative estimate of drug-likeness (QED) is 0.693. The minimum atomic E-state index is -5.49. The molecule has 0 spiro atoms. The predicted octanol–water partition coefficient (Wildman–Crippen LogP) is 5.00. The van der Waals surface area contributed by atoms with E-state index in [-0.39, 0.29) is 5.39 Å². The fourth-order valence-electron chi connectivity index (χ4n) is 1.68. The maximum absolute atomic E-state index is 13.5. The van der Waals surface area contributed by atoms with Crippen LogP contribution in [0.2, 0.25) is 0 Å². The van der Waals surface area contributed by atoms with E-state index < -0.39 is 23.8 Å². The topological polar surface area (TPSA) is 0 Å². The van der Waals surface area contributed by atoms with Crippen LogP contribution in [0.4, 0.5) is 26.3 Å². The molecule has 0 nitrogen and oxygen atoms in total. The fraction of sp³-hybridized carbons (Fsp3) is 0.154. The highest BCUT2D eigenvalue weighted by atomic mass is 19.3. The first kappa shape index (κ1) is 13.7. The summed E-state index contributed by atoms with van der Waals surface area (Å²) in [4.78, 5) is 0. The lowest BCUT2D eigenvalue weighted by Crippen LogP contribution is -2.40. The Morgan fingerprint density at radius 2 is 1.37 bits per heavy atom. The second-order valence-electron chi connectivity index (χ2n) is 3.97. The van der Waals surface area contributed by atoms with Crippen LogP contribution in [0.1, 0.15) is 5.56 Å². The number of halogens is 6. The Hall–Kier alpha value is -1.72. The molecule has 0 unspecified atom stereocenters. The molecule has 0 heterocycles. The van der Waals surface area contributed by atoms with E-state index >= 15 is 0 Å². The molecular weight excluding hydrogens is 270 g/mol. The zero-order valence-corrected chi connectivity index (χ0v) is 9.31. The van der Waals surface area contributed by atoms with Gasteiger partial charge in [-0.2, -0.15) is 26.3 Å². The van der Waals surface area contributed by atoms with Crippen molar-refractivity contribution in [1.29, 1.82) is 0 Å². The molecule has 0 saturated heterocycles. The maximum atomic E-state index is 13.5. The Bertz CT molecular complexity index is 590. The van der Waals surface area contributed by atoms with Crippen LogP contribution in [0.25, 0.3) is 10.8 Å². The smallest absolute Gasteiger partial charge is 0.194 e. The lowest BCUT2D eigenvalue weighted by Gasteiger charge is -2.25. The van der Waals surface area contributed by atoms with Crippen molar-refractivity contribution in [2.75, 3.05) is 0 Å². The van der Waals surface area contributed by atoms with Crippen LogP contribution >= 0.6 is 0 Å². The molecule has 0 aliphatic heterocycles. The maximum Gasteiger partial charge on any atom is 0.385 e. The van der Waals surface area contributed by atoms with Gasteiger partial charge in [-0.25, -0.2) is 0 Å². The van der Waals surface area contributed by atoms with Gasteiger partial charge in [-0.1, -0.05) is 36.4 Å². The molecule has 0 aromatic heterocycles. The summed E-state index contributed by atoms with van der Waals surface area (Å²) in [5.41, 5.74) is -1.15. The first-order valence-corrected chi connectivity index (χ1v) is 5.20. The number of alkyl halides is 4. The van der Waals surface area contributed by atoms with Gasteiger partial charge in [-0.15, -0.1) is 0 Å². The van der Waals surface area contributed by atoms with Crippen molar-refractivity contribution in [2.45, 2.75) is 11.8 Å². The van der Waals surface area contributed by atoms with Crippen molar-refractivity contribution < 1.29 is 26.3 Å². The van der Waals surface area contributed by atoms with Crippen molar-refractivity contribution in [2.24, 2.45) is 0 Å². The predicted molar refractivity (Wildman–Crippen MR) is 58.2 cm³/mol. The Balaban J connectivity index is 2.54. The van der Waals surface area contributed by atoms with E-state index in [1.54, 1.807) is 12.1 Å². The normalized spacial score (nSPS) is 13.2. The van der Waals surface area contributed by atoms with Crippen molar-refractivity contribution in [3.05, 3.63) is 54.5 Å². The largest absolute Gasteiger partial charge is 0.385 e. The average Bonchev–Trinajstić information content (AvgIpc) is 2.37. The van der Waals surface area contributed by atoms with Crippen LogP contribution in [0.5, 0.6) is 0 Å². The molecule has 0 bridgehead atoms. The molecule has 2 aromatic carbocycles. The Morgan fingerprint density at radius 3 is 1.95 bits per heavy atom. The summed E-state index contributed by atoms with van der Waals surface area (Å²) in [5, 5.41) is 0.824. The van der Waals surface area contributed by atoms with E-state index in [1.807, 2.05) is 0 Å². The van der Waals surface area contributed by atoms with Gasteiger partial charge in [0, 0.05) is 5.56 Å². The van der Waals surface area contributed by atoms with Crippen LogP contribution in [-0.2, 0) is 5.92 Å². The summed E-state index contributed by atoms with van der Waals surface area (Å²) in [6, 6.07) is 8.89. The zero-order chi connectivity index (χ0) is 14.3. The van der Waals surface area contributed by atoms with E-state index in [1.165, 1.54) is 18.2 Å². The van der Waals surface area contributed by atoms with Gasteiger partial charge in [0.05, 0.1) is 0 Å². The van der Waals surface area contributed by atoms with Crippen LogP contribution in [0.3, 0.4) is 0 Å². The monoisotopic (exact) mass is 277 g/mol. The molecular formula is C13H7F6. The fourth-order valence-corrected chi connectivity index (χ4v) is 1.68. The highest BCUT2D eigenvalue weighted by molar-refractivity contribution is 5.83. The molecule has 0 N–H and O–H groups in total. The Labute approximate surface area is 104 Å². The Kier molecular flexibility index (Phi) is 3.20. The summed E-state index contributed by atoms with van der Waals surface area (Å²) < 4.78 is 76.7. The van der Waals surface area contributed by atoms with Gasteiger partial charge in [-0.05, 0) is 16.8 Å². The highest BCUT2D eigenvalue weighted by Gasteiger charge is 2.65. The van der Waals surface area contributed by atoms with E-state index in [0.717, 1.165) is 12.1 Å². The Morgan fingerprint density at radius 1 is 0.789 bits per heavy atom. The third kappa shape index (κ3) is 2.15. The average molecular weight is 277 g/mol. The summed E-state index contributed by atoms with van der Waals surface area (Å²) in [5.74, 6) is -10.5. The minimum absolute atomic E-state index is 0.273. The number of rotatable bonds is 3. The molecule has 0 aliphatic rings. The van der Waals surface area contributed by atoms with E-state index in [2.05, 4.69) is 0 Å². The first-order valence-electron chi connectivity index (χ1n) is 5.20. The van der Waals surface area contributed by atoms with Crippen LogP contribution in [0, 0.1) is 6.43 Å². The molecule has 0 amide bonds. The molecule has 0 saturated carbocycles. The van der Waals surface area contributed by atoms with Gasteiger partial charge in [-0.3, -0.25) is 0 Å². The lowest BCUT2D eigenvalue weighted by molar-refractivity contribution is -0.234. The van der Waals surface area contributed by atoms with Gasteiger partial charge in [0.1, 0.15) is 0 Å². The molecule has 6 heteroatoms. The summed E-state index contributed by atoms with van der Waals surface area (Å²) >= 11 is 0. The zero-order valence-electron chi connectivity index (χ0n) is 9.31. The second kappa shape index (κ2) is 4.43. The lowest BCUT2D eigenvalue weighted by atomic mass is 9.99. The van der Waals surface area contributed by atoms with Gasteiger partial charge in [0.25, 0.3) is 0 Å². The van der Waals surface area contributed by atoms with Crippen molar-refractivity contribution in [1.82, 2.24) is 0 Å². The number of benzene rings is 2. The van der Waals surface area contributed by atoms with E-state index in [0.29, 0.717) is 5.39 Å². The minimum Gasteiger partial charge on any atom is -0.194 e. The third-order valence-electron chi connectivity index (χ3n) is 2.74. The standard InChI is InChI=1S/C13H7F6/c14-11(15)13(18,19)12(16,17)10-6-5-8-3-1-2-4-9(8)7-10/h1-7H. The van der Waals surface area contributed by atoms with E-state index in [9.17, 15) is 26.3 Å². The molecule has 19 heavy (non-hydrogen) atoms. The highest BCUT2D eigenvalue weighted by Crippen LogP contribution is 2.49. The number of fused-ring (bicyclic) bond motifs is 1. The molecule has 1 radical (unpaired) electrons. The summed E-state index contributed by atoms with van der Waals surface area (Å²) in [6.45, 7) is 0. The molecule has 0 aliphatic carbocycles. The first-order chi connectivity index (χ1) is 8.76. The summed E-state index contributed by atoms with van der Waals surface area (Å²) in [7, 11) is 0. The van der Waals surface area contributed by atoms with Crippen molar-refractivity contribution in [3.8, 4) is 0 Å². The van der Waals surface area contributed by atoms with Crippen molar-refractivity contribution >= 4 is 10.8 Å². The van der Waals surface area contributed by atoms with Crippen molar-refractivity contribution in [3.63, 3.8) is 0 Å². The number of hydrogen-bond donors (Lipinski definition) is 0. The molecule has 0 fully saturated rings. The van der Waals surface area contributed by atoms with Gasteiger partial charge in [0.2, 0.25) is 0 Å². The summed E-state index contributed by atoms with van der Waals surface area (Å²) in [6.07, 6.45) is -3.61. The molecule has 101 valence electrons. The molecule has 2 rings (SSSR count). The molecule has 2 aromatic rings. The second-order valence-corrected chi connectivity index (χ2v) is 3.97. The van der Waals surface area contributed by atoms with Crippen LogP contribution in [0.15, 0.2) is 42.5 Å². The van der Waals surface area contributed by atoms with Crippen LogP contribution < -0.4 is 0 Å². The number of hydrogen-bond acceptors (Lipinski definition) is 0. The third-order valence-corrected chi connectivity index (χ3v) is 2.74. The van der Waals surface area contributed by atoms with Gasteiger partial charge < -0.3 is 0 Å². The van der Waals surface area contributed by atoms with E-state index in [4.69, 9.17) is 0 Å².